The Kier molecular flexibility index (Phi) is 6.20. The standard InChI is InChI=1S/C20H27N3O5S2/c1-12-6-13(2)8-14(7-12)23-15-10-30(26,27)11-16(15)29-18(23)22-17(24)9-21-19(25)28-20(3,4)5/h6-8,15-16H,9-11H2,1-5H3,(H,21,25). The van der Waals surface area contributed by atoms with Gasteiger partial charge in [0.05, 0.1) is 17.5 Å². The number of rotatable bonds is 3. The number of carbonyl (C=O) groups is 2. The minimum atomic E-state index is -3.13. The van der Waals surface area contributed by atoms with Crippen molar-refractivity contribution in [1.29, 1.82) is 0 Å². The normalized spacial score (nSPS) is 24.0. The minimum absolute atomic E-state index is 0.0288. The molecule has 164 valence electrons. The highest BCUT2D eigenvalue weighted by Crippen LogP contribution is 2.41. The fraction of sp³-hybridized carbons (Fsp3) is 0.550. The number of hydrogen-bond donors (Lipinski definition) is 1. The third-order valence-electron chi connectivity index (χ3n) is 4.55. The van der Waals surface area contributed by atoms with E-state index in [0.29, 0.717) is 5.17 Å². The second-order valence-corrected chi connectivity index (χ2v) is 12.0. The van der Waals surface area contributed by atoms with E-state index in [1.807, 2.05) is 36.9 Å². The summed E-state index contributed by atoms with van der Waals surface area (Å²) >= 11 is 1.30. The largest absolute Gasteiger partial charge is 0.444 e. The first-order valence-electron chi connectivity index (χ1n) is 9.66. The van der Waals surface area contributed by atoms with E-state index in [-0.39, 0.29) is 29.3 Å². The molecule has 1 aromatic carbocycles. The summed E-state index contributed by atoms with van der Waals surface area (Å²) in [7, 11) is -3.13. The third kappa shape index (κ3) is 5.54. The Bertz CT molecular complexity index is 978. The number of alkyl carbamates (subject to hydrolysis) is 1. The molecule has 2 atom stereocenters. The van der Waals surface area contributed by atoms with Crippen molar-refractivity contribution in [3.63, 3.8) is 0 Å². The van der Waals surface area contributed by atoms with Gasteiger partial charge in [0, 0.05) is 10.9 Å². The summed E-state index contributed by atoms with van der Waals surface area (Å²) < 4.78 is 29.5. The highest BCUT2D eigenvalue weighted by Gasteiger charge is 2.49. The fourth-order valence-electron chi connectivity index (χ4n) is 3.56. The van der Waals surface area contributed by atoms with Gasteiger partial charge in [-0.15, -0.1) is 0 Å². The topological polar surface area (TPSA) is 105 Å². The van der Waals surface area contributed by atoms with Crippen LogP contribution >= 0.6 is 11.8 Å². The number of nitrogens with zero attached hydrogens (tertiary/aromatic N) is 2. The van der Waals surface area contributed by atoms with Gasteiger partial charge in [-0.05, 0) is 57.9 Å². The van der Waals surface area contributed by atoms with Crippen molar-refractivity contribution in [2.75, 3.05) is 23.0 Å². The van der Waals surface area contributed by atoms with Crippen LogP contribution < -0.4 is 10.2 Å². The number of amidine groups is 1. The Morgan fingerprint density at radius 1 is 1.20 bits per heavy atom. The summed E-state index contributed by atoms with van der Waals surface area (Å²) in [4.78, 5) is 30.2. The summed E-state index contributed by atoms with van der Waals surface area (Å²) in [5, 5.41) is 2.69. The molecule has 2 fully saturated rings. The first kappa shape index (κ1) is 22.6. The molecule has 2 aliphatic rings. The van der Waals surface area contributed by atoms with Crippen LogP contribution in [0.2, 0.25) is 0 Å². The van der Waals surface area contributed by atoms with Crippen LogP contribution in [0.25, 0.3) is 0 Å². The van der Waals surface area contributed by atoms with Crippen LogP contribution in [0.4, 0.5) is 10.5 Å². The Balaban J connectivity index is 1.82. The molecule has 3 rings (SSSR count). The van der Waals surface area contributed by atoms with Crippen molar-refractivity contribution in [3.8, 4) is 0 Å². The molecule has 2 heterocycles. The van der Waals surface area contributed by atoms with E-state index in [9.17, 15) is 18.0 Å². The highest BCUT2D eigenvalue weighted by atomic mass is 32.2. The van der Waals surface area contributed by atoms with Crippen molar-refractivity contribution < 1.29 is 22.7 Å². The van der Waals surface area contributed by atoms with Crippen LogP contribution in [-0.2, 0) is 19.4 Å². The molecule has 2 unspecified atom stereocenters. The summed E-state index contributed by atoms with van der Waals surface area (Å²) in [6.07, 6.45) is -0.691. The number of benzene rings is 1. The van der Waals surface area contributed by atoms with Gasteiger partial charge in [0.25, 0.3) is 5.91 Å². The number of carbonyl (C=O) groups excluding carboxylic acids is 2. The molecule has 2 aliphatic heterocycles. The average Bonchev–Trinajstić information content (AvgIpc) is 3.01. The fourth-order valence-corrected chi connectivity index (χ4v) is 7.50. The predicted octanol–water partition coefficient (Wildman–Crippen LogP) is 2.43. The molecule has 2 saturated heterocycles. The molecule has 0 saturated carbocycles. The zero-order chi connectivity index (χ0) is 22.3. The smallest absolute Gasteiger partial charge is 0.408 e. The first-order valence-corrected chi connectivity index (χ1v) is 12.4. The molecule has 0 aliphatic carbocycles. The Hall–Kier alpha value is -2.07. The van der Waals surface area contributed by atoms with E-state index < -0.39 is 27.4 Å². The van der Waals surface area contributed by atoms with Gasteiger partial charge >= 0.3 is 6.09 Å². The second-order valence-electron chi connectivity index (χ2n) is 8.66. The van der Waals surface area contributed by atoms with Crippen molar-refractivity contribution in [3.05, 3.63) is 29.3 Å². The number of aryl methyl sites for hydroxylation is 2. The molecule has 1 N–H and O–H groups in total. The molecule has 1 aromatic rings. The Labute approximate surface area is 181 Å². The van der Waals surface area contributed by atoms with Crippen molar-refractivity contribution >= 4 is 44.5 Å². The summed E-state index contributed by atoms with van der Waals surface area (Å²) in [5.41, 5.74) is 2.23. The molecular formula is C20H27N3O5S2. The predicted molar refractivity (Wildman–Crippen MR) is 119 cm³/mol. The Morgan fingerprint density at radius 3 is 2.43 bits per heavy atom. The van der Waals surface area contributed by atoms with Gasteiger partial charge < -0.3 is 15.0 Å². The van der Waals surface area contributed by atoms with E-state index in [4.69, 9.17) is 4.74 Å². The van der Waals surface area contributed by atoms with Crippen LogP contribution in [0.3, 0.4) is 0 Å². The van der Waals surface area contributed by atoms with E-state index in [2.05, 4.69) is 10.3 Å². The lowest BCUT2D eigenvalue weighted by molar-refractivity contribution is -0.117. The zero-order valence-electron chi connectivity index (χ0n) is 17.8. The third-order valence-corrected chi connectivity index (χ3v) is 7.76. The number of anilines is 1. The van der Waals surface area contributed by atoms with E-state index in [1.165, 1.54) is 11.8 Å². The Morgan fingerprint density at radius 2 is 1.83 bits per heavy atom. The number of nitrogens with one attached hydrogen (secondary N) is 1. The lowest BCUT2D eigenvalue weighted by Gasteiger charge is -2.25. The van der Waals surface area contributed by atoms with Gasteiger partial charge in [-0.2, -0.15) is 4.99 Å². The van der Waals surface area contributed by atoms with Crippen molar-refractivity contribution in [2.45, 2.75) is 51.5 Å². The molecular weight excluding hydrogens is 426 g/mol. The van der Waals surface area contributed by atoms with Gasteiger partial charge in [0.2, 0.25) is 0 Å². The number of ether oxygens (including phenoxy) is 1. The monoisotopic (exact) mass is 453 g/mol. The van der Waals surface area contributed by atoms with Crippen LogP contribution in [0.5, 0.6) is 0 Å². The molecule has 10 heteroatoms. The van der Waals surface area contributed by atoms with Crippen LogP contribution in [-0.4, -0.2) is 60.5 Å². The number of hydrogen-bond acceptors (Lipinski definition) is 6. The van der Waals surface area contributed by atoms with Crippen molar-refractivity contribution in [2.24, 2.45) is 4.99 Å². The molecule has 8 nitrogen and oxygen atoms in total. The number of amides is 2. The van der Waals surface area contributed by atoms with Gasteiger partial charge in [-0.3, -0.25) is 4.79 Å². The number of aliphatic imine (C=N–C) groups is 1. The maximum atomic E-state index is 12.4. The molecule has 0 spiro atoms. The molecule has 0 bridgehead atoms. The quantitative estimate of drug-likeness (QED) is 0.749. The van der Waals surface area contributed by atoms with Gasteiger partial charge in [0.15, 0.2) is 15.0 Å². The van der Waals surface area contributed by atoms with Crippen LogP contribution in [0.15, 0.2) is 23.2 Å². The number of sulfone groups is 1. The molecule has 0 radical (unpaired) electrons. The first-order chi connectivity index (χ1) is 13.8. The minimum Gasteiger partial charge on any atom is -0.444 e. The summed E-state index contributed by atoms with van der Waals surface area (Å²) in [6.45, 7) is 8.84. The number of thioether (sulfide) groups is 1. The summed E-state index contributed by atoms with van der Waals surface area (Å²) in [6, 6.07) is 5.67. The van der Waals surface area contributed by atoms with Crippen LogP contribution in [0.1, 0.15) is 31.9 Å². The average molecular weight is 454 g/mol. The van der Waals surface area contributed by atoms with Crippen molar-refractivity contribution in [1.82, 2.24) is 5.32 Å². The van der Waals surface area contributed by atoms with Gasteiger partial charge in [-0.1, -0.05) is 17.8 Å². The van der Waals surface area contributed by atoms with Gasteiger partial charge in [-0.25, -0.2) is 13.2 Å². The SMILES string of the molecule is Cc1cc(C)cc(N2C(=NC(=O)CNC(=O)OC(C)(C)C)SC3CS(=O)(=O)CC32)c1. The maximum Gasteiger partial charge on any atom is 0.408 e. The zero-order valence-corrected chi connectivity index (χ0v) is 19.4. The van der Waals surface area contributed by atoms with E-state index in [1.54, 1.807) is 20.8 Å². The lowest BCUT2D eigenvalue weighted by Crippen LogP contribution is -2.38. The number of fused-ring (bicyclic) bond motifs is 1. The highest BCUT2D eigenvalue weighted by molar-refractivity contribution is 8.16. The second kappa shape index (κ2) is 8.22. The molecule has 2 amide bonds. The van der Waals surface area contributed by atoms with E-state index >= 15 is 0 Å². The van der Waals surface area contributed by atoms with Crippen LogP contribution in [0, 0.1) is 13.8 Å². The van der Waals surface area contributed by atoms with E-state index in [0.717, 1.165) is 16.8 Å². The maximum absolute atomic E-state index is 12.4. The molecule has 0 aromatic heterocycles. The molecule has 30 heavy (non-hydrogen) atoms. The summed E-state index contributed by atoms with van der Waals surface area (Å²) in [5.74, 6) is -0.436. The van der Waals surface area contributed by atoms with Gasteiger partial charge in [0.1, 0.15) is 12.1 Å². The lowest BCUT2D eigenvalue weighted by atomic mass is 10.1.